The molecule has 5 aromatic carbocycles. The highest BCUT2D eigenvalue weighted by atomic mass is 15.0. The lowest BCUT2D eigenvalue weighted by molar-refractivity contribution is 0.589. The van der Waals surface area contributed by atoms with Crippen molar-refractivity contribution < 1.29 is 0 Å². The van der Waals surface area contributed by atoms with Crippen LogP contribution in [0.15, 0.2) is 103 Å². The van der Waals surface area contributed by atoms with Gasteiger partial charge in [0.15, 0.2) is 0 Å². The van der Waals surface area contributed by atoms with E-state index in [0.717, 1.165) is 6.42 Å². The molecule has 48 heavy (non-hydrogen) atoms. The highest BCUT2D eigenvalue weighted by molar-refractivity contribution is 6.09. The van der Waals surface area contributed by atoms with E-state index in [1.165, 1.54) is 72.0 Å². The van der Waals surface area contributed by atoms with Gasteiger partial charge in [-0.3, -0.25) is 0 Å². The van der Waals surface area contributed by atoms with Gasteiger partial charge in [-0.05, 0) is 96.9 Å². The van der Waals surface area contributed by atoms with Gasteiger partial charge < -0.3 is 4.57 Å². The van der Waals surface area contributed by atoms with E-state index in [9.17, 15) is 0 Å². The third-order valence-corrected chi connectivity index (χ3v) is 10.1. The van der Waals surface area contributed by atoms with Gasteiger partial charge in [0.1, 0.15) is 0 Å². The second-order valence-electron chi connectivity index (χ2n) is 18.1. The van der Waals surface area contributed by atoms with Gasteiger partial charge in [-0.15, -0.1) is 0 Å². The minimum absolute atomic E-state index is 0.128. The summed E-state index contributed by atoms with van der Waals surface area (Å²) < 4.78 is 2.43. The number of fused-ring (bicyclic) bond motifs is 6. The monoisotopic (exact) mass is 633 g/mol. The SMILES string of the molecule is CC(C)(C)c1ccc2c(c1)Cc1cc(C(C)(C)C)ccc1-2.CC(C)(C)c1ccc2c3ccc(C(C)(C)C)cc3n(-c3ccccc3)c2c1. The van der Waals surface area contributed by atoms with Crippen molar-refractivity contribution in [3.63, 3.8) is 0 Å². The van der Waals surface area contributed by atoms with Crippen LogP contribution in [-0.4, -0.2) is 4.57 Å². The standard InChI is InChI=1S/C26H29N.C21H26/c1-25(2,3)18-12-14-21-22-15-13-19(26(4,5)6)17-24(22)27(23(21)16-18)20-10-8-7-9-11-20;1-20(2,3)16-7-9-18-14(12-16)11-15-13-17(21(4,5)6)8-10-19(15)18/h7-17H,1-6H3;7-10,12-13H,11H2,1-6H3. The number of nitrogens with zero attached hydrogens (tertiary/aromatic N) is 1. The Hall–Kier alpha value is -4.10. The maximum atomic E-state index is 2.43. The van der Waals surface area contributed by atoms with Crippen molar-refractivity contribution in [3.8, 4) is 16.8 Å². The van der Waals surface area contributed by atoms with Gasteiger partial charge >= 0.3 is 0 Å². The van der Waals surface area contributed by atoms with Crippen LogP contribution in [-0.2, 0) is 28.1 Å². The van der Waals surface area contributed by atoms with Gasteiger partial charge in [-0.25, -0.2) is 0 Å². The number of para-hydroxylation sites is 1. The van der Waals surface area contributed by atoms with E-state index in [2.05, 4.69) is 191 Å². The van der Waals surface area contributed by atoms with Crippen molar-refractivity contribution in [1.82, 2.24) is 4.57 Å². The molecule has 1 aromatic heterocycles. The summed E-state index contributed by atoms with van der Waals surface area (Å²) in [7, 11) is 0. The zero-order valence-electron chi connectivity index (χ0n) is 31.5. The fraction of sp³-hybridized carbons (Fsp3) is 0.362. The molecule has 0 amide bonds. The van der Waals surface area contributed by atoms with Gasteiger partial charge in [0.2, 0.25) is 0 Å². The number of aromatic nitrogens is 1. The summed E-state index contributed by atoms with van der Waals surface area (Å²) in [6.45, 7) is 27.4. The number of rotatable bonds is 1. The third kappa shape index (κ3) is 6.49. The van der Waals surface area contributed by atoms with Crippen LogP contribution in [0.5, 0.6) is 0 Å². The molecule has 1 heteroatoms. The molecule has 7 rings (SSSR count). The van der Waals surface area contributed by atoms with E-state index in [4.69, 9.17) is 0 Å². The molecule has 248 valence electrons. The largest absolute Gasteiger partial charge is 0.309 e. The summed E-state index contributed by atoms with van der Waals surface area (Å²) in [4.78, 5) is 0. The molecule has 0 unspecified atom stereocenters. The lowest BCUT2D eigenvalue weighted by Gasteiger charge is -2.20. The molecule has 0 fully saturated rings. The summed E-state index contributed by atoms with van der Waals surface area (Å²) in [6, 6.07) is 38.7. The Morgan fingerprint density at radius 3 is 1.12 bits per heavy atom. The molecule has 6 aromatic rings. The summed E-state index contributed by atoms with van der Waals surface area (Å²) in [5, 5.41) is 2.64. The zero-order chi connectivity index (χ0) is 34.8. The molecule has 0 radical (unpaired) electrons. The fourth-order valence-electron chi connectivity index (χ4n) is 6.95. The van der Waals surface area contributed by atoms with E-state index >= 15 is 0 Å². The Morgan fingerprint density at radius 1 is 0.396 bits per heavy atom. The Morgan fingerprint density at radius 2 is 0.750 bits per heavy atom. The first-order valence-corrected chi connectivity index (χ1v) is 17.7. The first kappa shape index (κ1) is 33.8. The van der Waals surface area contributed by atoms with Crippen molar-refractivity contribution in [2.75, 3.05) is 0 Å². The fourth-order valence-corrected chi connectivity index (χ4v) is 6.95. The molecule has 1 aliphatic rings. The zero-order valence-corrected chi connectivity index (χ0v) is 31.5. The van der Waals surface area contributed by atoms with Gasteiger partial charge in [-0.2, -0.15) is 0 Å². The number of benzene rings is 5. The number of hydrogen-bond acceptors (Lipinski definition) is 0. The molecule has 1 aliphatic carbocycles. The molecule has 0 bridgehead atoms. The van der Waals surface area contributed by atoms with Gasteiger partial charge in [-0.1, -0.05) is 162 Å². The summed E-state index contributed by atoms with van der Waals surface area (Å²) in [6.07, 6.45) is 1.08. The van der Waals surface area contributed by atoms with Crippen LogP contribution in [0.1, 0.15) is 116 Å². The van der Waals surface area contributed by atoms with E-state index in [1.54, 1.807) is 0 Å². The first-order valence-electron chi connectivity index (χ1n) is 17.7. The maximum absolute atomic E-state index is 2.43. The highest BCUT2D eigenvalue weighted by Crippen LogP contribution is 2.41. The molecule has 0 saturated heterocycles. The van der Waals surface area contributed by atoms with E-state index in [-0.39, 0.29) is 21.7 Å². The second-order valence-corrected chi connectivity index (χ2v) is 18.1. The maximum Gasteiger partial charge on any atom is 0.0544 e. The van der Waals surface area contributed by atoms with Crippen LogP contribution in [0.25, 0.3) is 38.6 Å². The van der Waals surface area contributed by atoms with Gasteiger partial charge in [0, 0.05) is 16.5 Å². The number of hydrogen-bond donors (Lipinski definition) is 0. The average molecular weight is 634 g/mol. The summed E-state index contributed by atoms with van der Waals surface area (Å²) >= 11 is 0. The minimum Gasteiger partial charge on any atom is -0.309 e. The Bertz CT molecular complexity index is 1980. The molecular formula is C47H55N. The van der Waals surface area contributed by atoms with Crippen LogP contribution < -0.4 is 0 Å². The van der Waals surface area contributed by atoms with Crippen LogP contribution >= 0.6 is 0 Å². The molecule has 0 N–H and O–H groups in total. The normalized spacial score (nSPS) is 13.3. The molecule has 1 nitrogen and oxygen atoms in total. The van der Waals surface area contributed by atoms with Crippen molar-refractivity contribution in [2.45, 2.75) is 111 Å². The molecule has 0 saturated carbocycles. The van der Waals surface area contributed by atoms with Crippen molar-refractivity contribution in [1.29, 1.82) is 0 Å². The van der Waals surface area contributed by atoms with Crippen LogP contribution in [0.2, 0.25) is 0 Å². The van der Waals surface area contributed by atoms with Crippen molar-refractivity contribution >= 4 is 21.8 Å². The van der Waals surface area contributed by atoms with Crippen molar-refractivity contribution in [3.05, 3.63) is 137 Å². The van der Waals surface area contributed by atoms with Gasteiger partial charge in [0.05, 0.1) is 11.0 Å². The lowest BCUT2D eigenvalue weighted by Crippen LogP contribution is -2.11. The summed E-state index contributed by atoms with van der Waals surface area (Å²) in [5.74, 6) is 0. The molecule has 0 spiro atoms. The predicted molar refractivity (Wildman–Crippen MR) is 210 cm³/mol. The van der Waals surface area contributed by atoms with Gasteiger partial charge in [0.25, 0.3) is 0 Å². The van der Waals surface area contributed by atoms with Crippen LogP contribution in [0.4, 0.5) is 0 Å². The van der Waals surface area contributed by atoms with E-state index in [0.29, 0.717) is 0 Å². The summed E-state index contributed by atoms with van der Waals surface area (Å²) in [5.41, 5.74) is 15.9. The highest BCUT2D eigenvalue weighted by Gasteiger charge is 2.24. The van der Waals surface area contributed by atoms with Crippen LogP contribution in [0.3, 0.4) is 0 Å². The smallest absolute Gasteiger partial charge is 0.0544 e. The third-order valence-electron chi connectivity index (χ3n) is 10.1. The van der Waals surface area contributed by atoms with Crippen LogP contribution in [0, 0.1) is 0 Å². The van der Waals surface area contributed by atoms with Crippen molar-refractivity contribution in [2.24, 2.45) is 0 Å². The van der Waals surface area contributed by atoms with E-state index in [1.807, 2.05) is 0 Å². The topological polar surface area (TPSA) is 4.93 Å². The minimum atomic E-state index is 0.128. The molecule has 0 aliphatic heterocycles. The second kappa shape index (κ2) is 11.8. The average Bonchev–Trinajstić information content (AvgIpc) is 3.54. The molecule has 0 atom stereocenters. The lowest BCUT2D eigenvalue weighted by atomic mass is 9.85. The Kier molecular flexibility index (Phi) is 8.30. The Balaban J connectivity index is 0.000000173. The first-order chi connectivity index (χ1) is 22.3. The molecule has 1 heterocycles. The predicted octanol–water partition coefficient (Wildman–Crippen LogP) is 13.2. The molecular weight excluding hydrogens is 579 g/mol. The van der Waals surface area contributed by atoms with E-state index < -0.39 is 0 Å². The quantitative estimate of drug-likeness (QED) is 0.169. The Labute approximate surface area is 290 Å².